The predicted molar refractivity (Wildman–Crippen MR) is 73.2 cm³/mol. The van der Waals surface area contributed by atoms with Gasteiger partial charge in [0.25, 0.3) is 0 Å². The van der Waals surface area contributed by atoms with Crippen LogP contribution in [0.25, 0.3) is 0 Å². The highest BCUT2D eigenvalue weighted by Crippen LogP contribution is 2.28. The molecule has 18 heavy (non-hydrogen) atoms. The second kappa shape index (κ2) is 6.00. The predicted octanol–water partition coefficient (Wildman–Crippen LogP) is 1.55. The summed E-state index contributed by atoms with van der Waals surface area (Å²) in [6.07, 6.45) is 3.76. The Labute approximate surface area is 109 Å². The summed E-state index contributed by atoms with van der Waals surface area (Å²) in [5, 5.41) is 3.14. The number of hydrogen-bond acceptors (Lipinski definition) is 5. The third kappa shape index (κ3) is 2.56. The summed E-state index contributed by atoms with van der Waals surface area (Å²) in [7, 11) is 3.67. The molecule has 1 fully saturated rings. The zero-order chi connectivity index (χ0) is 13.0. The van der Waals surface area contributed by atoms with E-state index in [9.17, 15) is 0 Å². The molecule has 2 heterocycles. The van der Waals surface area contributed by atoms with Crippen molar-refractivity contribution in [2.24, 2.45) is 5.92 Å². The molecule has 0 aliphatic carbocycles. The molecular weight excluding hydrogens is 228 g/mol. The van der Waals surface area contributed by atoms with Crippen LogP contribution in [0.15, 0.2) is 6.33 Å². The van der Waals surface area contributed by atoms with E-state index in [0.29, 0.717) is 5.92 Å². The summed E-state index contributed by atoms with van der Waals surface area (Å²) in [6.45, 7) is 5.07. The molecule has 0 aromatic carbocycles. The van der Waals surface area contributed by atoms with Gasteiger partial charge >= 0.3 is 0 Å². The molecule has 2 rings (SSSR count). The van der Waals surface area contributed by atoms with Crippen molar-refractivity contribution in [2.45, 2.75) is 19.8 Å². The van der Waals surface area contributed by atoms with Crippen molar-refractivity contribution in [3.63, 3.8) is 0 Å². The Morgan fingerprint density at radius 2 is 2.33 bits per heavy atom. The second-order valence-electron chi connectivity index (χ2n) is 4.68. The summed E-state index contributed by atoms with van der Waals surface area (Å²) in [5.74, 6) is 2.64. The number of nitrogens with zero attached hydrogens (tertiary/aromatic N) is 3. The fourth-order valence-electron chi connectivity index (χ4n) is 2.61. The average molecular weight is 250 g/mol. The maximum atomic E-state index is 5.24. The van der Waals surface area contributed by atoms with Crippen LogP contribution in [0, 0.1) is 5.92 Å². The van der Waals surface area contributed by atoms with Crippen molar-refractivity contribution in [3.05, 3.63) is 11.9 Å². The van der Waals surface area contributed by atoms with Crippen LogP contribution in [0.1, 0.15) is 18.9 Å². The fourth-order valence-corrected chi connectivity index (χ4v) is 2.61. The number of anilines is 2. The smallest absolute Gasteiger partial charge is 0.137 e. The van der Waals surface area contributed by atoms with E-state index in [2.05, 4.69) is 27.1 Å². The third-order valence-corrected chi connectivity index (χ3v) is 3.50. The number of rotatable bonds is 5. The Morgan fingerprint density at radius 3 is 3.00 bits per heavy atom. The summed E-state index contributed by atoms with van der Waals surface area (Å²) >= 11 is 0. The van der Waals surface area contributed by atoms with Gasteiger partial charge < -0.3 is 15.0 Å². The Hall–Kier alpha value is -1.36. The molecule has 1 N–H and O–H groups in total. The summed E-state index contributed by atoms with van der Waals surface area (Å²) < 4.78 is 5.24. The number of methoxy groups -OCH3 is 1. The van der Waals surface area contributed by atoms with Crippen LogP contribution >= 0.6 is 0 Å². The molecule has 1 aromatic heterocycles. The Balaban J connectivity index is 2.18. The molecule has 0 bridgehead atoms. The van der Waals surface area contributed by atoms with Crippen molar-refractivity contribution < 1.29 is 4.74 Å². The molecule has 1 aromatic rings. The normalized spacial score (nSPS) is 19.3. The molecule has 0 spiro atoms. The number of ether oxygens (including phenoxy) is 1. The molecule has 1 unspecified atom stereocenters. The first kappa shape index (κ1) is 13.1. The van der Waals surface area contributed by atoms with Crippen LogP contribution in [0.3, 0.4) is 0 Å². The lowest BCUT2D eigenvalue weighted by Crippen LogP contribution is -2.24. The maximum Gasteiger partial charge on any atom is 0.137 e. The zero-order valence-corrected chi connectivity index (χ0v) is 11.4. The Morgan fingerprint density at radius 1 is 1.50 bits per heavy atom. The van der Waals surface area contributed by atoms with Gasteiger partial charge in [0.15, 0.2) is 0 Å². The molecule has 100 valence electrons. The minimum atomic E-state index is 0.618. The first-order chi connectivity index (χ1) is 8.80. The van der Waals surface area contributed by atoms with Gasteiger partial charge in [-0.2, -0.15) is 0 Å². The number of hydrogen-bond donors (Lipinski definition) is 1. The standard InChI is InChI=1S/C13H22N4O/c1-4-11-12(14-2)15-9-16-13(11)17-6-5-10(7-17)8-18-3/h9-10H,4-8H2,1-3H3,(H,14,15,16). The van der Waals surface area contributed by atoms with Gasteiger partial charge in [0, 0.05) is 38.7 Å². The zero-order valence-electron chi connectivity index (χ0n) is 11.4. The van der Waals surface area contributed by atoms with E-state index < -0.39 is 0 Å². The number of nitrogens with one attached hydrogen (secondary N) is 1. The second-order valence-corrected chi connectivity index (χ2v) is 4.68. The first-order valence-corrected chi connectivity index (χ1v) is 6.55. The van der Waals surface area contributed by atoms with Gasteiger partial charge in [0.2, 0.25) is 0 Å². The lowest BCUT2D eigenvalue weighted by Gasteiger charge is -2.21. The van der Waals surface area contributed by atoms with Crippen LogP contribution in [0.4, 0.5) is 11.6 Å². The molecule has 0 saturated carbocycles. The summed E-state index contributed by atoms with van der Waals surface area (Å²) in [6, 6.07) is 0. The summed E-state index contributed by atoms with van der Waals surface area (Å²) in [5.41, 5.74) is 1.21. The lowest BCUT2D eigenvalue weighted by molar-refractivity contribution is 0.161. The van der Waals surface area contributed by atoms with Gasteiger partial charge in [-0.15, -0.1) is 0 Å². The van der Waals surface area contributed by atoms with Crippen LogP contribution in [0.2, 0.25) is 0 Å². The molecule has 0 amide bonds. The van der Waals surface area contributed by atoms with Gasteiger partial charge in [0.05, 0.1) is 6.61 Å². The first-order valence-electron chi connectivity index (χ1n) is 6.55. The molecule has 0 radical (unpaired) electrons. The molecule has 5 nitrogen and oxygen atoms in total. The highest BCUT2D eigenvalue weighted by Gasteiger charge is 2.25. The Bertz CT molecular complexity index is 397. The van der Waals surface area contributed by atoms with Crippen LogP contribution in [-0.4, -0.2) is 43.8 Å². The van der Waals surface area contributed by atoms with Gasteiger partial charge in [-0.3, -0.25) is 0 Å². The van der Waals surface area contributed by atoms with E-state index in [1.807, 2.05) is 7.05 Å². The molecule has 1 aliphatic heterocycles. The largest absolute Gasteiger partial charge is 0.384 e. The van der Waals surface area contributed by atoms with E-state index in [4.69, 9.17) is 4.74 Å². The van der Waals surface area contributed by atoms with E-state index in [1.165, 1.54) is 12.0 Å². The average Bonchev–Trinajstić information content (AvgIpc) is 2.86. The van der Waals surface area contributed by atoms with E-state index in [0.717, 1.165) is 37.8 Å². The SMILES string of the molecule is CCc1c(NC)ncnc1N1CCC(COC)C1. The van der Waals surface area contributed by atoms with Crippen molar-refractivity contribution in [2.75, 3.05) is 44.1 Å². The van der Waals surface area contributed by atoms with E-state index >= 15 is 0 Å². The monoisotopic (exact) mass is 250 g/mol. The van der Waals surface area contributed by atoms with Crippen LogP contribution < -0.4 is 10.2 Å². The third-order valence-electron chi connectivity index (χ3n) is 3.50. The van der Waals surface area contributed by atoms with Crippen molar-refractivity contribution >= 4 is 11.6 Å². The summed E-state index contributed by atoms with van der Waals surface area (Å²) in [4.78, 5) is 11.1. The van der Waals surface area contributed by atoms with Crippen molar-refractivity contribution in [1.82, 2.24) is 9.97 Å². The fraction of sp³-hybridized carbons (Fsp3) is 0.692. The van der Waals surface area contributed by atoms with Crippen molar-refractivity contribution in [3.8, 4) is 0 Å². The lowest BCUT2D eigenvalue weighted by atomic mass is 10.1. The van der Waals surface area contributed by atoms with Crippen LogP contribution in [-0.2, 0) is 11.2 Å². The highest BCUT2D eigenvalue weighted by molar-refractivity contribution is 5.59. The van der Waals surface area contributed by atoms with Gasteiger partial charge in [-0.1, -0.05) is 6.92 Å². The number of aromatic nitrogens is 2. The minimum Gasteiger partial charge on any atom is -0.384 e. The Kier molecular flexibility index (Phi) is 4.36. The quantitative estimate of drug-likeness (QED) is 0.859. The van der Waals surface area contributed by atoms with E-state index in [1.54, 1.807) is 13.4 Å². The van der Waals surface area contributed by atoms with Gasteiger partial charge in [-0.05, 0) is 12.8 Å². The van der Waals surface area contributed by atoms with Crippen LogP contribution in [0.5, 0.6) is 0 Å². The highest BCUT2D eigenvalue weighted by atomic mass is 16.5. The topological polar surface area (TPSA) is 50.3 Å². The van der Waals surface area contributed by atoms with Crippen molar-refractivity contribution in [1.29, 1.82) is 0 Å². The minimum absolute atomic E-state index is 0.618. The maximum absolute atomic E-state index is 5.24. The molecular formula is C13H22N4O. The molecule has 1 aliphatic rings. The molecule has 1 atom stereocenters. The molecule has 1 saturated heterocycles. The molecule has 5 heteroatoms. The van der Waals surface area contributed by atoms with E-state index in [-0.39, 0.29) is 0 Å². The van der Waals surface area contributed by atoms with Gasteiger partial charge in [-0.25, -0.2) is 9.97 Å². The van der Waals surface area contributed by atoms with Gasteiger partial charge in [0.1, 0.15) is 18.0 Å².